The number of nitrogens with one attached hydrogen (secondary N) is 1. The van der Waals surface area contributed by atoms with Crippen LogP contribution in [-0.4, -0.2) is 17.2 Å². The number of halogens is 3. The van der Waals surface area contributed by atoms with Gasteiger partial charge in [-0.1, -0.05) is 0 Å². The van der Waals surface area contributed by atoms with Gasteiger partial charge in [0.25, 0.3) is 5.92 Å². The number of nitrogens with zero attached hydrogens (tertiary/aromatic N) is 2. The standard InChI is InChI=1S/C9H10BrF2N3/c1-13-8-6(10)4-7(14-15-8)9(11,12)5-2-3-5/h4-5H,2-3H2,1H3,(H,13,15). The minimum atomic E-state index is -2.85. The number of aromatic nitrogens is 2. The monoisotopic (exact) mass is 277 g/mol. The second-order valence-electron chi connectivity index (χ2n) is 3.57. The van der Waals surface area contributed by atoms with Gasteiger partial charge in [0, 0.05) is 13.0 Å². The second-order valence-corrected chi connectivity index (χ2v) is 4.43. The van der Waals surface area contributed by atoms with E-state index in [0.29, 0.717) is 23.1 Å². The Labute approximate surface area is 94.4 Å². The van der Waals surface area contributed by atoms with Crippen LogP contribution in [0, 0.1) is 5.92 Å². The molecule has 0 bridgehead atoms. The first-order chi connectivity index (χ1) is 7.05. The van der Waals surface area contributed by atoms with E-state index in [-0.39, 0.29) is 5.69 Å². The highest BCUT2D eigenvalue weighted by molar-refractivity contribution is 9.10. The van der Waals surface area contributed by atoms with Gasteiger partial charge in [0.15, 0.2) is 5.82 Å². The van der Waals surface area contributed by atoms with E-state index < -0.39 is 11.8 Å². The molecule has 2 rings (SSSR count). The Morgan fingerprint density at radius 2 is 2.13 bits per heavy atom. The maximum Gasteiger partial charge on any atom is 0.294 e. The van der Waals surface area contributed by atoms with E-state index >= 15 is 0 Å². The molecule has 0 spiro atoms. The fraction of sp³-hybridized carbons (Fsp3) is 0.556. The number of hydrogen-bond donors (Lipinski definition) is 1. The molecule has 1 aliphatic rings. The molecule has 82 valence electrons. The van der Waals surface area contributed by atoms with Gasteiger partial charge in [0.2, 0.25) is 0 Å². The summed E-state index contributed by atoms with van der Waals surface area (Å²) in [5.41, 5.74) is -0.254. The molecule has 0 aliphatic heterocycles. The van der Waals surface area contributed by atoms with E-state index in [1.807, 2.05) is 0 Å². The van der Waals surface area contributed by atoms with Crippen molar-refractivity contribution in [2.75, 3.05) is 12.4 Å². The molecular formula is C9H10BrF2N3. The van der Waals surface area contributed by atoms with Gasteiger partial charge in [-0.3, -0.25) is 0 Å². The molecule has 3 nitrogen and oxygen atoms in total. The molecule has 1 aromatic heterocycles. The highest BCUT2D eigenvalue weighted by atomic mass is 79.9. The van der Waals surface area contributed by atoms with E-state index in [1.165, 1.54) is 6.07 Å². The Balaban J connectivity index is 2.32. The maximum absolute atomic E-state index is 13.6. The SMILES string of the molecule is CNc1nnc(C(F)(F)C2CC2)cc1Br. The predicted octanol–water partition coefficient (Wildman–Crippen LogP) is 2.78. The fourth-order valence-electron chi connectivity index (χ4n) is 1.36. The van der Waals surface area contributed by atoms with Crippen molar-refractivity contribution in [3.05, 3.63) is 16.2 Å². The summed E-state index contributed by atoms with van der Waals surface area (Å²) in [4.78, 5) is 0. The van der Waals surface area contributed by atoms with Crippen molar-refractivity contribution in [3.8, 4) is 0 Å². The lowest BCUT2D eigenvalue weighted by atomic mass is 10.1. The fourth-order valence-corrected chi connectivity index (χ4v) is 1.85. The Hall–Kier alpha value is -0.780. The lowest BCUT2D eigenvalue weighted by molar-refractivity contribution is -0.0337. The summed E-state index contributed by atoms with van der Waals surface area (Å²) in [6.45, 7) is 0. The molecule has 6 heteroatoms. The van der Waals surface area contributed by atoms with Gasteiger partial charge in [-0.15, -0.1) is 10.2 Å². The van der Waals surface area contributed by atoms with Crippen molar-refractivity contribution >= 4 is 21.7 Å². The first-order valence-electron chi connectivity index (χ1n) is 4.65. The van der Waals surface area contributed by atoms with Crippen LogP contribution in [0.1, 0.15) is 18.5 Å². The topological polar surface area (TPSA) is 37.8 Å². The molecule has 0 atom stereocenters. The third kappa shape index (κ3) is 1.95. The van der Waals surface area contributed by atoms with Gasteiger partial charge in [-0.05, 0) is 34.8 Å². The molecule has 1 aromatic rings. The molecule has 1 saturated carbocycles. The average Bonchev–Trinajstić information content (AvgIpc) is 3.00. The van der Waals surface area contributed by atoms with Crippen LogP contribution in [0.15, 0.2) is 10.5 Å². The molecule has 0 saturated heterocycles. The number of anilines is 1. The van der Waals surface area contributed by atoms with Gasteiger partial charge >= 0.3 is 0 Å². The van der Waals surface area contributed by atoms with Gasteiger partial charge in [-0.25, -0.2) is 0 Å². The second kappa shape index (κ2) is 3.66. The smallest absolute Gasteiger partial charge is 0.294 e. The molecule has 1 fully saturated rings. The number of alkyl halides is 2. The van der Waals surface area contributed by atoms with Crippen LogP contribution >= 0.6 is 15.9 Å². The molecule has 1 N–H and O–H groups in total. The molecular weight excluding hydrogens is 268 g/mol. The Kier molecular flexibility index (Phi) is 2.62. The van der Waals surface area contributed by atoms with E-state index in [4.69, 9.17) is 0 Å². The predicted molar refractivity (Wildman–Crippen MR) is 55.9 cm³/mol. The van der Waals surface area contributed by atoms with Gasteiger partial charge in [0.05, 0.1) is 4.47 Å². The number of hydrogen-bond acceptors (Lipinski definition) is 3. The summed E-state index contributed by atoms with van der Waals surface area (Å²) in [6.07, 6.45) is 1.14. The highest BCUT2D eigenvalue weighted by Gasteiger charge is 2.49. The summed E-state index contributed by atoms with van der Waals surface area (Å²) < 4.78 is 27.7. The van der Waals surface area contributed by atoms with Crippen LogP contribution in [0.3, 0.4) is 0 Å². The van der Waals surface area contributed by atoms with Gasteiger partial charge in [-0.2, -0.15) is 8.78 Å². The third-order valence-corrected chi connectivity index (χ3v) is 3.02. The van der Waals surface area contributed by atoms with Crippen LogP contribution in [-0.2, 0) is 5.92 Å². The van der Waals surface area contributed by atoms with E-state index in [2.05, 4.69) is 31.4 Å². The average molecular weight is 278 g/mol. The van der Waals surface area contributed by atoms with E-state index in [1.54, 1.807) is 7.05 Å². The summed E-state index contributed by atoms with van der Waals surface area (Å²) >= 11 is 3.17. The molecule has 0 amide bonds. The summed E-state index contributed by atoms with van der Waals surface area (Å²) in [5.74, 6) is -2.94. The quantitative estimate of drug-likeness (QED) is 0.923. The summed E-state index contributed by atoms with van der Waals surface area (Å²) in [6, 6.07) is 1.33. The largest absolute Gasteiger partial charge is 0.371 e. The molecule has 15 heavy (non-hydrogen) atoms. The minimum Gasteiger partial charge on any atom is -0.371 e. The Morgan fingerprint density at radius 1 is 1.47 bits per heavy atom. The van der Waals surface area contributed by atoms with Crippen LogP contribution in [0.5, 0.6) is 0 Å². The lowest BCUT2D eigenvalue weighted by Gasteiger charge is -2.14. The first kappa shape index (κ1) is 10.7. The molecule has 0 aromatic carbocycles. The van der Waals surface area contributed by atoms with Crippen molar-refractivity contribution in [3.63, 3.8) is 0 Å². The maximum atomic E-state index is 13.6. The van der Waals surface area contributed by atoms with E-state index in [0.717, 1.165) is 0 Å². The van der Waals surface area contributed by atoms with Crippen molar-refractivity contribution in [1.82, 2.24) is 10.2 Å². The summed E-state index contributed by atoms with van der Waals surface area (Å²) in [7, 11) is 1.66. The van der Waals surface area contributed by atoms with Gasteiger partial charge in [0.1, 0.15) is 5.69 Å². The normalized spacial score (nSPS) is 16.5. The highest BCUT2D eigenvalue weighted by Crippen LogP contribution is 2.49. The van der Waals surface area contributed by atoms with Crippen LogP contribution in [0.4, 0.5) is 14.6 Å². The third-order valence-electron chi connectivity index (χ3n) is 2.42. The lowest BCUT2D eigenvalue weighted by Crippen LogP contribution is -2.19. The molecule has 0 unspecified atom stereocenters. The molecule has 0 radical (unpaired) electrons. The van der Waals surface area contributed by atoms with Crippen LogP contribution in [0.25, 0.3) is 0 Å². The zero-order chi connectivity index (χ0) is 11.1. The van der Waals surface area contributed by atoms with Crippen molar-refractivity contribution < 1.29 is 8.78 Å². The van der Waals surface area contributed by atoms with Crippen LogP contribution < -0.4 is 5.32 Å². The Bertz CT molecular complexity index is 380. The van der Waals surface area contributed by atoms with Crippen molar-refractivity contribution in [1.29, 1.82) is 0 Å². The molecule has 1 heterocycles. The summed E-state index contributed by atoms with van der Waals surface area (Å²) in [5, 5.41) is 9.99. The van der Waals surface area contributed by atoms with Gasteiger partial charge < -0.3 is 5.32 Å². The zero-order valence-corrected chi connectivity index (χ0v) is 9.68. The first-order valence-corrected chi connectivity index (χ1v) is 5.44. The van der Waals surface area contributed by atoms with Crippen LogP contribution in [0.2, 0.25) is 0 Å². The van der Waals surface area contributed by atoms with Crippen molar-refractivity contribution in [2.45, 2.75) is 18.8 Å². The van der Waals surface area contributed by atoms with Crippen molar-refractivity contribution in [2.24, 2.45) is 5.92 Å². The minimum absolute atomic E-state index is 0.254. The molecule has 1 aliphatic carbocycles. The zero-order valence-electron chi connectivity index (χ0n) is 8.10. The number of rotatable bonds is 3. The van der Waals surface area contributed by atoms with E-state index in [9.17, 15) is 8.78 Å². The Morgan fingerprint density at radius 3 is 2.60 bits per heavy atom.